The molecule has 0 unspecified atom stereocenters. The summed E-state index contributed by atoms with van der Waals surface area (Å²) in [5.41, 5.74) is 6.04. The molecule has 0 atom stereocenters. The van der Waals surface area contributed by atoms with Gasteiger partial charge in [-0.1, -0.05) is 29.5 Å². The number of nitrogens with one attached hydrogen (secondary N) is 1. The molecule has 2 aliphatic carbocycles. The van der Waals surface area contributed by atoms with E-state index in [0.717, 1.165) is 0 Å². The summed E-state index contributed by atoms with van der Waals surface area (Å²) in [5, 5.41) is 21.9. The maximum atomic E-state index is 12.7. The molecule has 2 aliphatic rings. The van der Waals surface area contributed by atoms with E-state index >= 15 is 0 Å². The van der Waals surface area contributed by atoms with E-state index in [-0.39, 0.29) is 32.0 Å². The third-order valence-corrected chi connectivity index (χ3v) is 3.35. The van der Waals surface area contributed by atoms with Crippen LogP contribution in [-0.2, 0) is 0 Å². The molecule has 3 rings (SSSR count). The van der Waals surface area contributed by atoms with Crippen LogP contribution in [-0.4, -0.2) is 0 Å². The molecule has 8 heteroatoms. The predicted octanol–water partition coefficient (Wildman–Crippen LogP) is 0.676. The third kappa shape index (κ3) is 1.81. The standard InChI is InChI=1S/C14H7N6O2/c15-19-17-10-6-5-9-11(12(10)18-20-16)14(22)8-4-2-1-3-7(8)13(9)21/h1-6,15H/q+1. The highest BCUT2D eigenvalue weighted by Gasteiger charge is 2.11. The Morgan fingerprint density at radius 2 is 1.68 bits per heavy atom. The highest BCUT2D eigenvalue weighted by Crippen LogP contribution is 2.04. The van der Waals surface area contributed by atoms with Crippen molar-refractivity contribution in [2.45, 2.75) is 0 Å². The molecule has 8 nitrogen and oxygen atoms in total. The minimum Gasteiger partial charge on any atom is -0.289 e. The molecular weight excluding hydrogens is 284 g/mol. The first-order chi connectivity index (χ1) is 10.7. The first kappa shape index (κ1) is 13.4. The second kappa shape index (κ2) is 5.06. The van der Waals surface area contributed by atoms with Gasteiger partial charge in [0, 0.05) is 16.0 Å². The number of benzene rings is 1. The predicted molar refractivity (Wildman–Crippen MR) is 75.5 cm³/mol. The molecular formula is C14H7N6O2+. The van der Waals surface area contributed by atoms with Crippen LogP contribution in [0.1, 0.15) is 0 Å². The van der Waals surface area contributed by atoms with Gasteiger partial charge in [0.15, 0.2) is 21.3 Å². The van der Waals surface area contributed by atoms with Crippen molar-refractivity contribution in [1.82, 2.24) is 0 Å². The highest BCUT2D eigenvalue weighted by atomic mass is 16.1. The van der Waals surface area contributed by atoms with Gasteiger partial charge in [-0.05, 0) is 12.1 Å². The number of diazo groups is 1. The van der Waals surface area contributed by atoms with Crippen molar-refractivity contribution in [3.63, 3.8) is 0 Å². The second-order valence-corrected chi connectivity index (χ2v) is 4.45. The van der Waals surface area contributed by atoms with E-state index in [4.69, 9.17) is 10.9 Å². The van der Waals surface area contributed by atoms with Crippen molar-refractivity contribution in [2.24, 2.45) is 15.4 Å². The van der Waals surface area contributed by atoms with Crippen LogP contribution in [0.4, 0.5) is 0 Å². The van der Waals surface area contributed by atoms with E-state index in [1.807, 2.05) is 0 Å². The van der Waals surface area contributed by atoms with E-state index in [1.54, 1.807) is 18.2 Å². The zero-order chi connectivity index (χ0) is 15.7. The minimum absolute atomic E-state index is 0.00796. The molecule has 0 aromatic heterocycles. The lowest BCUT2D eigenvalue weighted by Gasteiger charge is -1.97. The molecule has 104 valence electrons. The first-order valence-corrected chi connectivity index (χ1v) is 6.17. The number of rotatable bonds is 1. The summed E-state index contributed by atoms with van der Waals surface area (Å²) >= 11 is 0. The topological polar surface area (TPSA) is 123 Å². The molecule has 0 bridgehead atoms. The van der Waals surface area contributed by atoms with Gasteiger partial charge in [0.25, 0.3) is 5.39 Å². The van der Waals surface area contributed by atoms with E-state index < -0.39 is 5.43 Å². The smallest absolute Gasteiger partial charge is 0.289 e. The molecule has 1 aromatic rings. The van der Waals surface area contributed by atoms with Crippen LogP contribution in [0.15, 0.2) is 61.4 Å². The second-order valence-electron chi connectivity index (χ2n) is 4.45. The Balaban J connectivity index is 2.87. The molecule has 22 heavy (non-hydrogen) atoms. The van der Waals surface area contributed by atoms with Gasteiger partial charge in [-0.25, -0.2) is 0 Å². The van der Waals surface area contributed by atoms with Gasteiger partial charge in [0.05, 0.1) is 5.22 Å². The summed E-state index contributed by atoms with van der Waals surface area (Å²) in [6, 6.07) is 9.24. The van der Waals surface area contributed by atoms with Gasteiger partial charge in [0.1, 0.15) is 5.36 Å². The number of hydrogen-bond acceptors (Lipinski definition) is 6. The Morgan fingerprint density at radius 1 is 1.00 bits per heavy atom. The van der Waals surface area contributed by atoms with Crippen LogP contribution >= 0.6 is 0 Å². The average Bonchev–Trinajstić information content (AvgIpc) is 2.54. The highest BCUT2D eigenvalue weighted by molar-refractivity contribution is 5.82. The maximum absolute atomic E-state index is 12.7. The van der Waals surface area contributed by atoms with Crippen molar-refractivity contribution in [2.75, 3.05) is 0 Å². The van der Waals surface area contributed by atoms with Gasteiger partial charge in [-0.3, -0.25) is 9.59 Å². The quantitative estimate of drug-likeness (QED) is 0.402. The van der Waals surface area contributed by atoms with Crippen molar-refractivity contribution in [3.05, 3.63) is 83.1 Å². The third-order valence-electron chi connectivity index (χ3n) is 3.35. The van der Waals surface area contributed by atoms with Crippen LogP contribution in [0.5, 0.6) is 0 Å². The molecule has 0 saturated heterocycles. The Labute approximate surface area is 121 Å². The SMILES string of the molecule is N#[N+]N=c1c(=NN=N)ccc2c(=O)c3ccccc3c(=O)c1=2. The number of fused-ring (bicyclic) bond motifs is 1. The Morgan fingerprint density at radius 3 is 2.32 bits per heavy atom. The maximum Gasteiger partial charge on any atom is 0.339 e. The Bertz CT molecular complexity index is 1250. The summed E-state index contributed by atoms with van der Waals surface area (Å²) < 4.78 is 0. The summed E-state index contributed by atoms with van der Waals surface area (Å²) in [4.78, 5) is 25.2. The van der Waals surface area contributed by atoms with Gasteiger partial charge in [-0.2, -0.15) is 5.53 Å². The summed E-state index contributed by atoms with van der Waals surface area (Å²) in [7, 11) is 0. The van der Waals surface area contributed by atoms with Crippen LogP contribution in [0.2, 0.25) is 0 Å². The summed E-state index contributed by atoms with van der Waals surface area (Å²) in [6.45, 7) is 0. The Kier molecular flexibility index (Phi) is 3.08. The van der Waals surface area contributed by atoms with E-state index in [0.29, 0.717) is 5.39 Å². The zero-order valence-corrected chi connectivity index (χ0v) is 11.0. The average molecular weight is 291 g/mol. The number of nitrogens with zero attached hydrogens (tertiary/aromatic N) is 5. The fraction of sp³-hybridized carbons (Fsp3) is 0. The molecule has 0 aliphatic heterocycles. The number of hydrogen-bond donors (Lipinski definition) is 1. The van der Waals surface area contributed by atoms with Crippen LogP contribution < -0.4 is 21.6 Å². The summed E-state index contributed by atoms with van der Waals surface area (Å²) in [5.74, 6) is 0. The first-order valence-electron chi connectivity index (χ1n) is 6.17. The van der Waals surface area contributed by atoms with Crippen molar-refractivity contribution in [1.29, 1.82) is 10.9 Å². The van der Waals surface area contributed by atoms with Crippen LogP contribution in [0.3, 0.4) is 0 Å². The van der Waals surface area contributed by atoms with E-state index in [9.17, 15) is 9.59 Å². The van der Waals surface area contributed by atoms with Gasteiger partial charge < -0.3 is 0 Å². The molecule has 1 aromatic carbocycles. The zero-order valence-electron chi connectivity index (χ0n) is 11.0. The normalized spacial score (nSPS) is 12.7. The molecule has 0 heterocycles. The van der Waals surface area contributed by atoms with Gasteiger partial charge in [-0.15, -0.1) is 5.10 Å². The molecule has 0 fully saturated rings. The van der Waals surface area contributed by atoms with Crippen molar-refractivity contribution in [3.8, 4) is 0 Å². The van der Waals surface area contributed by atoms with Crippen molar-refractivity contribution < 1.29 is 0 Å². The van der Waals surface area contributed by atoms with E-state index in [2.05, 4.69) is 20.5 Å². The molecule has 1 N–H and O–H groups in total. The van der Waals surface area contributed by atoms with Gasteiger partial charge >= 0.3 is 5.08 Å². The molecule has 0 radical (unpaired) electrons. The van der Waals surface area contributed by atoms with Crippen molar-refractivity contribution >= 4 is 10.8 Å². The molecule has 0 spiro atoms. The largest absolute Gasteiger partial charge is 0.339 e. The fourth-order valence-corrected chi connectivity index (χ4v) is 2.44. The fourth-order valence-electron chi connectivity index (χ4n) is 2.44. The lowest BCUT2D eigenvalue weighted by molar-refractivity contribution is 0.932. The summed E-state index contributed by atoms with van der Waals surface area (Å²) in [6.07, 6.45) is 0. The molecule has 0 amide bonds. The lowest BCUT2D eigenvalue weighted by atomic mass is 10.0. The molecule has 0 saturated carbocycles. The Hall–Kier alpha value is -3.60. The van der Waals surface area contributed by atoms with Gasteiger partial charge in [0.2, 0.25) is 0 Å². The van der Waals surface area contributed by atoms with E-state index in [1.165, 1.54) is 18.2 Å². The van der Waals surface area contributed by atoms with Crippen LogP contribution in [0.25, 0.3) is 15.9 Å². The monoisotopic (exact) mass is 291 g/mol. The minimum atomic E-state index is -0.422. The van der Waals surface area contributed by atoms with Crippen LogP contribution in [0, 0.1) is 21.4 Å². The lowest BCUT2D eigenvalue weighted by Crippen LogP contribution is -2.33.